The maximum atomic E-state index is 13.2. The van der Waals surface area contributed by atoms with Crippen LogP contribution in [-0.2, 0) is 9.59 Å². The molecule has 2 aromatic rings. The number of methoxy groups -OCH3 is 2. The van der Waals surface area contributed by atoms with Gasteiger partial charge in [0.05, 0.1) is 32.4 Å². The molecule has 0 aromatic heterocycles. The van der Waals surface area contributed by atoms with Crippen molar-refractivity contribution in [2.75, 3.05) is 34.0 Å². The molecule has 0 radical (unpaired) electrons. The van der Waals surface area contributed by atoms with E-state index in [4.69, 9.17) is 19.3 Å². The molecule has 1 fully saturated rings. The van der Waals surface area contributed by atoms with Crippen LogP contribution < -0.4 is 14.2 Å². The number of benzene rings is 2. The number of aliphatic hydroxyl groups is 2. The van der Waals surface area contributed by atoms with Gasteiger partial charge in [0.25, 0.3) is 11.7 Å². The summed E-state index contributed by atoms with van der Waals surface area (Å²) in [5.41, 5.74) is 0.767. The lowest BCUT2D eigenvalue weighted by molar-refractivity contribution is -0.139. The predicted octanol–water partition coefficient (Wildman–Crippen LogP) is 3.30. The highest BCUT2D eigenvalue weighted by atomic mass is 16.5. The molecule has 0 spiro atoms. The highest BCUT2D eigenvalue weighted by Crippen LogP contribution is 2.43. The summed E-state index contributed by atoms with van der Waals surface area (Å²) in [5, 5.41) is 20.4. The van der Waals surface area contributed by atoms with Gasteiger partial charge < -0.3 is 29.3 Å². The van der Waals surface area contributed by atoms with Crippen molar-refractivity contribution in [2.45, 2.75) is 25.8 Å². The van der Waals surface area contributed by atoms with Crippen LogP contribution in [0.15, 0.2) is 48.0 Å². The van der Waals surface area contributed by atoms with Gasteiger partial charge in [-0.25, -0.2) is 0 Å². The molecular weight excluding hydrogens is 426 g/mol. The molecule has 3 rings (SSSR count). The molecule has 0 saturated carbocycles. The Morgan fingerprint density at radius 3 is 2.33 bits per heavy atom. The lowest BCUT2D eigenvalue weighted by atomic mass is 9.94. The van der Waals surface area contributed by atoms with E-state index in [2.05, 4.69) is 0 Å². The van der Waals surface area contributed by atoms with Gasteiger partial charge in [-0.05, 0) is 36.2 Å². The Balaban J connectivity index is 2.22. The Morgan fingerprint density at radius 1 is 1.06 bits per heavy atom. The number of carbonyl (C=O) groups is 2. The molecule has 1 unspecified atom stereocenters. The van der Waals surface area contributed by atoms with E-state index >= 15 is 0 Å². The number of rotatable bonds is 10. The highest BCUT2D eigenvalue weighted by molar-refractivity contribution is 6.46. The smallest absolute Gasteiger partial charge is 0.295 e. The van der Waals surface area contributed by atoms with Crippen LogP contribution in [0.1, 0.15) is 36.9 Å². The maximum absolute atomic E-state index is 13.2. The topological polar surface area (TPSA) is 106 Å². The number of Topliss-reactive ketones (excluding diaryl/α,β-unsaturated/α-hetero) is 1. The van der Waals surface area contributed by atoms with E-state index in [1.807, 2.05) is 6.92 Å². The van der Waals surface area contributed by atoms with Crippen molar-refractivity contribution in [1.29, 1.82) is 0 Å². The van der Waals surface area contributed by atoms with E-state index in [9.17, 15) is 14.7 Å². The van der Waals surface area contributed by atoms with E-state index in [-0.39, 0.29) is 30.1 Å². The maximum Gasteiger partial charge on any atom is 0.295 e. The minimum Gasteiger partial charge on any atom is -0.506 e. The lowest BCUT2D eigenvalue weighted by Crippen LogP contribution is -2.30. The van der Waals surface area contributed by atoms with E-state index < -0.39 is 17.7 Å². The number of ether oxygens (including phenoxy) is 3. The molecule has 0 bridgehead atoms. The van der Waals surface area contributed by atoms with Crippen LogP contribution in [0.25, 0.3) is 5.76 Å². The zero-order valence-corrected chi connectivity index (χ0v) is 19.0. The fourth-order valence-corrected chi connectivity index (χ4v) is 3.94. The van der Waals surface area contributed by atoms with Gasteiger partial charge in [-0.3, -0.25) is 9.59 Å². The molecule has 176 valence electrons. The minimum absolute atomic E-state index is 0.0433. The molecule has 1 heterocycles. The van der Waals surface area contributed by atoms with Crippen molar-refractivity contribution < 1.29 is 34.0 Å². The van der Waals surface area contributed by atoms with Gasteiger partial charge in [0.2, 0.25) is 0 Å². The van der Waals surface area contributed by atoms with Gasteiger partial charge in [-0.1, -0.05) is 31.5 Å². The van der Waals surface area contributed by atoms with Gasteiger partial charge >= 0.3 is 0 Å². The molecular formula is C25H29NO7. The van der Waals surface area contributed by atoms with E-state index in [0.717, 1.165) is 6.42 Å². The summed E-state index contributed by atoms with van der Waals surface area (Å²) in [6.07, 6.45) is 1.53. The Kier molecular flexibility index (Phi) is 7.95. The number of unbranched alkanes of at least 4 members (excludes halogenated alkanes) is 1. The Hall–Kier alpha value is -3.52. The number of hydrogen-bond donors (Lipinski definition) is 2. The summed E-state index contributed by atoms with van der Waals surface area (Å²) >= 11 is 0. The number of amides is 1. The Morgan fingerprint density at radius 2 is 1.73 bits per heavy atom. The third-order valence-corrected chi connectivity index (χ3v) is 5.49. The first-order valence-electron chi connectivity index (χ1n) is 10.8. The lowest BCUT2D eigenvalue weighted by Gasteiger charge is -2.26. The van der Waals surface area contributed by atoms with Crippen LogP contribution in [0, 0.1) is 0 Å². The van der Waals surface area contributed by atoms with Crippen LogP contribution in [0.4, 0.5) is 0 Å². The SMILES string of the molecule is CCCCN1C(=O)C(=O)/C(=C(/O)c2c(OC)cccc2OC)C1c1cccc(OCCO)c1. The zero-order valence-electron chi connectivity index (χ0n) is 19.0. The fourth-order valence-electron chi connectivity index (χ4n) is 3.94. The van der Waals surface area contributed by atoms with Crippen molar-refractivity contribution in [2.24, 2.45) is 0 Å². The van der Waals surface area contributed by atoms with Crippen LogP contribution >= 0.6 is 0 Å². The average molecular weight is 456 g/mol. The minimum atomic E-state index is -0.816. The van der Waals surface area contributed by atoms with Crippen molar-refractivity contribution in [3.05, 3.63) is 59.2 Å². The van der Waals surface area contributed by atoms with Gasteiger partial charge in [0, 0.05) is 6.54 Å². The summed E-state index contributed by atoms with van der Waals surface area (Å²) in [6, 6.07) is 11.1. The molecule has 33 heavy (non-hydrogen) atoms. The number of ketones is 1. The summed E-state index contributed by atoms with van der Waals surface area (Å²) in [5.74, 6) is -0.713. The third-order valence-electron chi connectivity index (χ3n) is 5.49. The van der Waals surface area contributed by atoms with Crippen LogP contribution in [0.3, 0.4) is 0 Å². The molecule has 1 amide bonds. The van der Waals surface area contributed by atoms with Gasteiger partial charge in [0.1, 0.15) is 35.2 Å². The number of likely N-dealkylation sites (tertiary alicyclic amines) is 1. The zero-order chi connectivity index (χ0) is 24.0. The monoisotopic (exact) mass is 455 g/mol. The normalized spacial score (nSPS) is 17.3. The average Bonchev–Trinajstić information content (AvgIpc) is 3.10. The quantitative estimate of drug-likeness (QED) is 0.322. The summed E-state index contributed by atoms with van der Waals surface area (Å²) in [7, 11) is 2.90. The molecule has 1 aliphatic rings. The number of nitrogens with zero attached hydrogens (tertiary/aromatic N) is 1. The number of aliphatic hydroxyl groups excluding tert-OH is 2. The van der Waals surface area contributed by atoms with Gasteiger partial charge in [-0.15, -0.1) is 0 Å². The molecule has 2 aromatic carbocycles. The van der Waals surface area contributed by atoms with Crippen LogP contribution in [0.2, 0.25) is 0 Å². The van der Waals surface area contributed by atoms with Gasteiger partial charge in [0.15, 0.2) is 0 Å². The van der Waals surface area contributed by atoms with Crippen molar-refractivity contribution >= 4 is 17.4 Å². The standard InChI is InChI=1S/C25H29NO7/c1-4-5-12-26-22(16-8-6-9-17(15-16)33-14-13-27)21(24(29)25(26)30)23(28)20-18(31-2)10-7-11-19(20)32-3/h6-11,15,22,27-28H,4-5,12-14H2,1-3H3/b23-21+. The molecule has 1 atom stereocenters. The first-order chi connectivity index (χ1) is 16.0. The van der Waals surface area contributed by atoms with Crippen molar-refractivity contribution in [3.8, 4) is 17.2 Å². The van der Waals surface area contributed by atoms with Crippen molar-refractivity contribution in [1.82, 2.24) is 4.90 Å². The fraction of sp³-hybridized carbons (Fsp3) is 0.360. The Bertz CT molecular complexity index is 1020. The highest BCUT2D eigenvalue weighted by Gasteiger charge is 2.46. The second-order valence-corrected chi connectivity index (χ2v) is 7.53. The molecule has 8 nitrogen and oxygen atoms in total. The Labute approximate surface area is 193 Å². The van der Waals surface area contributed by atoms with Gasteiger partial charge in [-0.2, -0.15) is 0 Å². The van der Waals surface area contributed by atoms with E-state index in [0.29, 0.717) is 35.8 Å². The molecule has 2 N–H and O–H groups in total. The predicted molar refractivity (Wildman–Crippen MR) is 122 cm³/mol. The largest absolute Gasteiger partial charge is 0.506 e. The second kappa shape index (κ2) is 10.9. The summed E-state index contributed by atoms with van der Waals surface area (Å²) in [6.45, 7) is 2.31. The summed E-state index contributed by atoms with van der Waals surface area (Å²) < 4.78 is 16.3. The first kappa shape index (κ1) is 24.1. The first-order valence-corrected chi connectivity index (χ1v) is 10.8. The molecule has 8 heteroatoms. The molecule has 0 aliphatic carbocycles. The molecule has 1 aliphatic heterocycles. The molecule has 1 saturated heterocycles. The van der Waals surface area contributed by atoms with E-state index in [1.54, 1.807) is 42.5 Å². The third kappa shape index (κ3) is 4.80. The number of carbonyl (C=O) groups excluding carboxylic acids is 2. The van der Waals surface area contributed by atoms with Crippen LogP contribution in [-0.4, -0.2) is 60.8 Å². The summed E-state index contributed by atoms with van der Waals surface area (Å²) in [4.78, 5) is 27.7. The van der Waals surface area contributed by atoms with Crippen molar-refractivity contribution in [3.63, 3.8) is 0 Å². The van der Waals surface area contributed by atoms with Crippen LogP contribution in [0.5, 0.6) is 17.2 Å². The number of hydrogen-bond acceptors (Lipinski definition) is 7. The second-order valence-electron chi connectivity index (χ2n) is 7.53. The van der Waals surface area contributed by atoms with E-state index in [1.165, 1.54) is 19.1 Å².